The summed E-state index contributed by atoms with van der Waals surface area (Å²) in [6, 6.07) is 3.23. The van der Waals surface area contributed by atoms with Gasteiger partial charge in [-0.05, 0) is 18.6 Å². The Hall–Kier alpha value is -3.19. The molecule has 0 unspecified atom stereocenters. The van der Waals surface area contributed by atoms with Gasteiger partial charge < -0.3 is 19.7 Å². The van der Waals surface area contributed by atoms with E-state index in [0.29, 0.717) is 44.2 Å². The minimum absolute atomic E-state index is 0.130. The number of anilines is 1. The van der Waals surface area contributed by atoms with E-state index in [1.807, 2.05) is 0 Å². The number of pyridine rings is 1. The molecule has 1 saturated heterocycles. The van der Waals surface area contributed by atoms with Gasteiger partial charge in [-0.2, -0.15) is 5.26 Å². The summed E-state index contributed by atoms with van der Waals surface area (Å²) < 4.78 is 1.39. The molecule has 0 spiro atoms. The smallest absolute Gasteiger partial charge is 0.263 e. The van der Waals surface area contributed by atoms with Gasteiger partial charge in [-0.1, -0.05) is 11.3 Å². The molecular formula is C19H20N6O3S. The number of hydrogen-bond acceptors (Lipinski definition) is 7. The molecule has 150 valence electrons. The van der Waals surface area contributed by atoms with Crippen molar-refractivity contribution in [2.75, 3.05) is 25.0 Å². The largest absolute Gasteiger partial charge is 0.333 e. The highest BCUT2D eigenvalue weighted by molar-refractivity contribution is 7.15. The molecule has 29 heavy (non-hydrogen) atoms. The molecule has 4 heterocycles. The lowest BCUT2D eigenvalue weighted by Gasteiger charge is -2.25. The van der Waals surface area contributed by atoms with Gasteiger partial charge in [-0.3, -0.25) is 14.4 Å². The molecule has 1 atom stereocenters. The molecule has 2 aliphatic rings. The Bertz CT molecular complexity index is 1070. The highest BCUT2D eigenvalue weighted by Crippen LogP contribution is 2.29. The van der Waals surface area contributed by atoms with Gasteiger partial charge in [0.25, 0.3) is 11.5 Å². The second kappa shape index (κ2) is 7.67. The van der Waals surface area contributed by atoms with Gasteiger partial charge in [-0.25, -0.2) is 4.98 Å². The first-order chi connectivity index (χ1) is 14.0. The Kier molecular flexibility index (Phi) is 5.07. The molecule has 2 aromatic rings. The zero-order valence-electron chi connectivity index (χ0n) is 15.9. The van der Waals surface area contributed by atoms with Gasteiger partial charge in [0.15, 0.2) is 11.3 Å². The van der Waals surface area contributed by atoms with Crippen molar-refractivity contribution in [1.82, 2.24) is 19.4 Å². The van der Waals surface area contributed by atoms with Crippen molar-refractivity contribution in [3.05, 3.63) is 44.8 Å². The second-order valence-electron chi connectivity index (χ2n) is 7.22. The zero-order chi connectivity index (χ0) is 20.5. The number of nitrogens with one attached hydrogen (secondary N) is 1. The number of carbonyl (C=O) groups is 2. The van der Waals surface area contributed by atoms with Crippen LogP contribution in [0.2, 0.25) is 0 Å². The van der Waals surface area contributed by atoms with E-state index in [9.17, 15) is 14.4 Å². The molecule has 0 aliphatic carbocycles. The van der Waals surface area contributed by atoms with Crippen molar-refractivity contribution >= 4 is 28.3 Å². The minimum atomic E-state index is -0.316. The van der Waals surface area contributed by atoms with Crippen LogP contribution in [0.5, 0.6) is 0 Å². The maximum Gasteiger partial charge on any atom is 0.263 e. The van der Waals surface area contributed by atoms with Crippen molar-refractivity contribution < 1.29 is 9.59 Å². The number of fused-ring (bicyclic) bond motifs is 1. The fourth-order valence-corrected chi connectivity index (χ4v) is 4.65. The number of nitriles is 1. The topological polar surface area (TPSA) is 111 Å². The number of thiazole rings is 1. The predicted molar refractivity (Wildman–Crippen MR) is 106 cm³/mol. The molecule has 0 saturated carbocycles. The first-order valence-electron chi connectivity index (χ1n) is 9.35. The van der Waals surface area contributed by atoms with E-state index in [1.165, 1.54) is 15.9 Å². The van der Waals surface area contributed by atoms with Gasteiger partial charge in [-0.15, -0.1) is 0 Å². The zero-order valence-corrected chi connectivity index (χ0v) is 16.7. The molecule has 1 N–H and O–H groups in total. The minimum Gasteiger partial charge on any atom is -0.333 e. The van der Waals surface area contributed by atoms with Gasteiger partial charge in [0.1, 0.15) is 5.56 Å². The van der Waals surface area contributed by atoms with Crippen LogP contribution in [0.25, 0.3) is 0 Å². The molecule has 4 rings (SSSR count). The highest BCUT2D eigenvalue weighted by atomic mass is 32.1. The average molecular weight is 412 g/mol. The van der Waals surface area contributed by atoms with Crippen molar-refractivity contribution in [3.8, 4) is 6.19 Å². The first kappa shape index (κ1) is 19.1. The number of nitrogens with zero attached hydrogens (tertiary/aromatic N) is 5. The first-order valence-corrected chi connectivity index (χ1v) is 10.2. The molecule has 2 amide bonds. The molecule has 9 nitrogen and oxygen atoms in total. The molecule has 0 bridgehead atoms. The van der Waals surface area contributed by atoms with E-state index in [-0.39, 0.29) is 28.9 Å². The van der Waals surface area contributed by atoms with Crippen molar-refractivity contribution in [2.24, 2.45) is 13.0 Å². The van der Waals surface area contributed by atoms with E-state index in [2.05, 4.69) is 16.5 Å². The molecule has 0 aromatic carbocycles. The van der Waals surface area contributed by atoms with Crippen LogP contribution in [0.1, 0.15) is 27.3 Å². The Labute approximate surface area is 171 Å². The third-order valence-electron chi connectivity index (χ3n) is 5.30. The summed E-state index contributed by atoms with van der Waals surface area (Å²) >= 11 is 1.35. The van der Waals surface area contributed by atoms with E-state index >= 15 is 0 Å². The fraction of sp³-hybridized carbons (Fsp3) is 0.421. The summed E-state index contributed by atoms with van der Waals surface area (Å²) in [7, 11) is 1.62. The van der Waals surface area contributed by atoms with Crippen molar-refractivity contribution in [2.45, 2.75) is 19.4 Å². The maximum atomic E-state index is 12.8. The number of aryl methyl sites for hydroxylation is 1. The van der Waals surface area contributed by atoms with Crippen molar-refractivity contribution in [3.63, 3.8) is 0 Å². The normalized spacial score (nSPS) is 18.3. The molecule has 0 radical (unpaired) electrons. The summed E-state index contributed by atoms with van der Waals surface area (Å²) in [5.74, 6) is -0.643. The van der Waals surface area contributed by atoms with Crippen LogP contribution in [-0.2, 0) is 24.8 Å². The van der Waals surface area contributed by atoms with E-state index in [4.69, 9.17) is 5.26 Å². The molecule has 2 aromatic heterocycles. The van der Waals surface area contributed by atoms with Crippen LogP contribution < -0.4 is 10.9 Å². The Morgan fingerprint density at radius 2 is 2.21 bits per heavy atom. The predicted octanol–water partition coefficient (Wildman–Crippen LogP) is 0.782. The summed E-state index contributed by atoms with van der Waals surface area (Å²) in [5.41, 5.74) is 0.712. The molecule has 10 heteroatoms. The highest BCUT2D eigenvalue weighted by Gasteiger charge is 2.30. The molecule has 2 aliphatic heterocycles. The third-order valence-corrected chi connectivity index (χ3v) is 6.30. The Morgan fingerprint density at radius 1 is 1.38 bits per heavy atom. The maximum absolute atomic E-state index is 12.8. The third kappa shape index (κ3) is 3.73. The van der Waals surface area contributed by atoms with E-state index in [0.717, 1.165) is 10.6 Å². The van der Waals surface area contributed by atoms with E-state index < -0.39 is 0 Å². The lowest BCUT2D eigenvalue weighted by molar-refractivity contribution is -0.119. The summed E-state index contributed by atoms with van der Waals surface area (Å²) in [5, 5.41) is 12.3. The van der Waals surface area contributed by atoms with Gasteiger partial charge in [0.05, 0.1) is 18.2 Å². The molecule has 1 fully saturated rings. The van der Waals surface area contributed by atoms with Crippen LogP contribution in [-0.4, -0.2) is 50.8 Å². The lowest BCUT2D eigenvalue weighted by Crippen LogP contribution is -2.39. The lowest BCUT2D eigenvalue weighted by atomic mass is 10.1. The fourth-order valence-electron chi connectivity index (χ4n) is 3.63. The number of carbonyl (C=O) groups excluding carboxylic acids is 2. The number of aromatic nitrogens is 2. The Balaban J connectivity index is 1.44. The van der Waals surface area contributed by atoms with Gasteiger partial charge in [0.2, 0.25) is 5.91 Å². The van der Waals surface area contributed by atoms with Crippen LogP contribution in [0.4, 0.5) is 5.13 Å². The SMILES string of the molecule is Cn1cccc(C(=O)N2CCc3nc(NC(=O)[C@H]4CCN(C#N)C4)sc3C2)c1=O. The van der Waals surface area contributed by atoms with E-state index in [1.54, 1.807) is 35.2 Å². The van der Waals surface area contributed by atoms with Gasteiger partial charge >= 0.3 is 0 Å². The van der Waals surface area contributed by atoms with Crippen LogP contribution in [0.3, 0.4) is 0 Å². The van der Waals surface area contributed by atoms with Crippen molar-refractivity contribution in [1.29, 1.82) is 5.26 Å². The van der Waals surface area contributed by atoms with Gasteiger partial charge in [0, 0.05) is 44.2 Å². The van der Waals surface area contributed by atoms with Crippen LogP contribution in [0, 0.1) is 17.4 Å². The molecular weight excluding hydrogens is 392 g/mol. The average Bonchev–Trinajstić information content (AvgIpc) is 3.35. The quantitative estimate of drug-likeness (QED) is 0.746. The summed E-state index contributed by atoms with van der Waals surface area (Å²) in [6.45, 7) is 1.87. The standard InChI is InChI=1S/C19H20N6O3S/c1-23-6-2-3-13(17(23)27)18(28)25-8-5-14-15(10-25)29-19(21-14)22-16(26)12-4-7-24(9-12)11-20/h2-3,6,12H,4-5,7-10H2,1H3,(H,21,22,26)/t12-/m0/s1. The second-order valence-corrected chi connectivity index (χ2v) is 8.31. The number of rotatable bonds is 3. The number of likely N-dealkylation sites (tertiary alicyclic amines) is 1. The monoisotopic (exact) mass is 412 g/mol. The number of hydrogen-bond donors (Lipinski definition) is 1. The summed E-state index contributed by atoms with van der Waals surface area (Å²) in [4.78, 5) is 46.1. The number of amides is 2. The van der Waals surface area contributed by atoms with Crippen LogP contribution >= 0.6 is 11.3 Å². The summed E-state index contributed by atoms with van der Waals surface area (Å²) in [6.07, 6.45) is 4.91. The van der Waals surface area contributed by atoms with Crippen LogP contribution in [0.15, 0.2) is 23.1 Å². The Morgan fingerprint density at radius 3 is 2.97 bits per heavy atom.